The van der Waals surface area contributed by atoms with Gasteiger partial charge in [0, 0.05) is 16.8 Å². The largest absolute Gasteiger partial charge is 0.347 e. The van der Waals surface area contributed by atoms with Crippen molar-refractivity contribution in [2.45, 2.75) is 46.2 Å². The van der Waals surface area contributed by atoms with Crippen molar-refractivity contribution >= 4 is 17.5 Å². The van der Waals surface area contributed by atoms with E-state index in [-0.39, 0.29) is 23.4 Å². The van der Waals surface area contributed by atoms with Crippen LogP contribution < -0.4 is 10.6 Å². The van der Waals surface area contributed by atoms with Crippen LogP contribution in [0, 0.1) is 0 Å². The first-order chi connectivity index (χ1) is 13.2. The highest BCUT2D eigenvalue weighted by Gasteiger charge is 2.25. The van der Waals surface area contributed by atoms with E-state index in [1.807, 2.05) is 51.1 Å². The van der Waals surface area contributed by atoms with Crippen LogP contribution in [0.25, 0.3) is 0 Å². The summed E-state index contributed by atoms with van der Waals surface area (Å²) >= 11 is 0. The van der Waals surface area contributed by atoms with Gasteiger partial charge in [-0.3, -0.25) is 14.5 Å². The number of amides is 2. The Bertz CT molecular complexity index is 776. The van der Waals surface area contributed by atoms with E-state index in [9.17, 15) is 9.59 Å². The molecule has 28 heavy (non-hydrogen) atoms. The maximum atomic E-state index is 13.0. The minimum atomic E-state index is -0.361. The van der Waals surface area contributed by atoms with E-state index in [1.54, 1.807) is 24.3 Å². The Morgan fingerprint density at radius 1 is 0.929 bits per heavy atom. The van der Waals surface area contributed by atoms with Crippen molar-refractivity contribution in [3.05, 3.63) is 65.7 Å². The molecule has 0 saturated carbocycles. The third kappa shape index (κ3) is 5.92. The second-order valence-corrected chi connectivity index (χ2v) is 7.81. The van der Waals surface area contributed by atoms with Gasteiger partial charge in [0.25, 0.3) is 5.91 Å². The summed E-state index contributed by atoms with van der Waals surface area (Å²) in [7, 11) is 0. The number of carbonyl (C=O) groups excluding carboxylic acids is 2. The molecule has 0 heterocycles. The van der Waals surface area contributed by atoms with Crippen LogP contribution in [0.5, 0.6) is 0 Å². The zero-order valence-electron chi connectivity index (χ0n) is 17.5. The monoisotopic (exact) mass is 381 g/mol. The van der Waals surface area contributed by atoms with E-state index in [0.29, 0.717) is 11.3 Å². The van der Waals surface area contributed by atoms with Gasteiger partial charge in [-0.15, -0.1) is 0 Å². The molecule has 0 fully saturated rings. The van der Waals surface area contributed by atoms with Crippen LogP contribution in [-0.4, -0.2) is 35.3 Å². The van der Waals surface area contributed by atoms with Crippen LogP contribution >= 0.6 is 0 Å². The van der Waals surface area contributed by atoms with Crippen LogP contribution in [0.3, 0.4) is 0 Å². The maximum Gasteiger partial charge on any atom is 0.251 e. The zero-order valence-corrected chi connectivity index (χ0v) is 17.5. The first-order valence-electron chi connectivity index (χ1n) is 9.77. The van der Waals surface area contributed by atoms with Gasteiger partial charge in [-0.25, -0.2) is 0 Å². The van der Waals surface area contributed by atoms with Gasteiger partial charge in [-0.2, -0.15) is 0 Å². The summed E-state index contributed by atoms with van der Waals surface area (Å²) in [5.74, 6) is -0.211. The van der Waals surface area contributed by atoms with E-state index >= 15 is 0 Å². The van der Waals surface area contributed by atoms with Gasteiger partial charge in [-0.1, -0.05) is 44.2 Å². The number of carbonyl (C=O) groups is 2. The molecule has 0 radical (unpaired) electrons. The number of anilines is 1. The van der Waals surface area contributed by atoms with Crippen molar-refractivity contribution in [2.24, 2.45) is 0 Å². The highest BCUT2D eigenvalue weighted by Crippen LogP contribution is 2.23. The lowest BCUT2D eigenvalue weighted by Crippen LogP contribution is -2.40. The Hall–Kier alpha value is -2.66. The van der Waals surface area contributed by atoms with Crippen molar-refractivity contribution in [2.75, 3.05) is 18.4 Å². The summed E-state index contributed by atoms with van der Waals surface area (Å²) in [5.41, 5.74) is 1.91. The Morgan fingerprint density at radius 3 is 2.00 bits per heavy atom. The molecular formula is C23H31N3O2. The fourth-order valence-corrected chi connectivity index (χ4v) is 3.08. The molecule has 5 nitrogen and oxygen atoms in total. The molecule has 0 spiro atoms. The number of likely N-dealkylation sites (N-methyl/N-ethyl adjacent to an activating group) is 1. The van der Waals surface area contributed by atoms with E-state index in [1.165, 1.54) is 0 Å². The van der Waals surface area contributed by atoms with Gasteiger partial charge in [-0.05, 0) is 63.7 Å². The molecule has 0 bridgehead atoms. The quantitative estimate of drug-likeness (QED) is 0.754. The minimum absolute atomic E-state index is 0.0817. The Balaban J connectivity index is 2.16. The number of rotatable bonds is 7. The van der Waals surface area contributed by atoms with Gasteiger partial charge in [0.05, 0.1) is 0 Å². The van der Waals surface area contributed by atoms with Crippen LogP contribution in [0.1, 0.15) is 56.6 Å². The van der Waals surface area contributed by atoms with E-state index in [2.05, 4.69) is 29.4 Å². The zero-order chi connectivity index (χ0) is 20.7. The molecule has 1 atom stereocenters. The second kappa shape index (κ2) is 9.51. The molecule has 5 heteroatoms. The Morgan fingerprint density at radius 2 is 1.50 bits per heavy atom. The van der Waals surface area contributed by atoms with Crippen molar-refractivity contribution in [3.63, 3.8) is 0 Å². The van der Waals surface area contributed by atoms with Crippen LogP contribution in [0.4, 0.5) is 5.69 Å². The SMILES string of the molecule is CCN(CC)C(C(=O)Nc1ccc(C(=O)NC(C)(C)C)cc1)c1ccccc1. The van der Waals surface area contributed by atoms with Gasteiger partial charge in [0.2, 0.25) is 5.91 Å². The fraction of sp³-hybridized carbons (Fsp3) is 0.391. The number of hydrogen-bond acceptors (Lipinski definition) is 3. The second-order valence-electron chi connectivity index (χ2n) is 7.81. The first kappa shape index (κ1) is 21.6. The predicted octanol–water partition coefficient (Wildman–Crippen LogP) is 4.24. The lowest BCUT2D eigenvalue weighted by atomic mass is 10.0. The van der Waals surface area contributed by atoms with Crippen LogP contribution in [-0.2, 0) is 4.79 Å². The van der Waals surface area contributed by atoms with Crippen LogP contribution in [0.15, 0.2) is 54.6 Å². The number of benzene rings is 2. The van der Waals surface area contributed by atoms with E-state index in [0.717, 1.165) is 18.7 Å². The lowest BCUT2D eigenvalue weighted by Gasteiger charge is -2.29. The summed E-state index contributed by atoms with van der Waals surface area (Å²) in [6.07, 6.45) is 0. The third-order valence-corrected chi connectivity index (χ3v) is 4.44. The number of nitrogens with zero attached hydrogens (tertiary/aromatic N) is 1. The molecule has 150 valence electrons. The van der Waals surface area contributed by atoms with Gasteiger partial charge >= 0.3 is 0 Å². The molecule has 1 unspecified atom stereocenters. The Kier molecular flexibility index (Phi) is 7.35. The number of hydrogen-bond donors (Lipinski definition) is 2. The molecule has 0 aliphatic carbocycles. The molecule has 0 saturated heterocycles. The predicted molar refractivity (Wildman–Crippen MR) is 114 cm³/mol. The van der Waals surface area contributed by atoms with Gasteiger partial charge in [0.15, 0.2) is 0 Å². The molecule has 2 aromatic rings. The molecule has 2 N–H and O–H groups in total. The molecule has 0 aromatic heterocycles. The summed E-state index contributed by atoms with van der Waals surface area (Å²) < 4.78 is 0. The van der Waals surface area contributed by atoms with E-state index < -0.39 is 0 Å². The van der Waals surface area contributed by atoms with Gasteiger partial charge in [0.1, 0.15) is 6.04 Å². The highest BCUT2D eigenvalue weighted by atomic mass is 16.2. The third-order valence-electron chi connectivity index (χ3n) is 4.44. The molecule has 2 aromatic carbocycles. The smallest absolute Gasteiger partial charge is 0.251 e. The average Bonchev–Trinajstić information content (AvgIpc) is 2.65. The first-order valence-corrected chi connectivity index (χ1v) is 9.77. The lowest BCUT2D eigenvalue weighted by molar-refractivity contribution is -0.121. The van der Waals surface area contributed by atoms with Crippen LogP contribution in [0.2, 0.25) is 0 Å². The molecule has 2 rings (SSSR count). The van der Waals surface area contributed by atoms with Crippen molar-refractivity contribution in [1.82, 2.24) is 10.2 Å². The average molecular weight is 382 g/mol. The molecule has 0 aliphatic heterocycles. The van der Waals surface area contributed by atoms with Crippen molar-refractivity contribution in [1.29, 1.82) is 0 Å². The summed E-state index contributed by atoms with van der Waals surface area (Å²) in [5, 5.41) is 5.92. The normalized spacial score (nSPS) is 12.5. The Labute approximate surface area is 168 Å². The minimum Gasteiger partial charge on any atom is -0.347 e. The molecule has 2 amide bonds. The van der Waals surface area contributed by atoms with E-state index in [4.69, 9.17) is 0 Å². The topological polar surface area (TPSA) is 61.4 Å². The summed E-state index contributed by atoms with van der Waals surface area (Å²) in [4.78, 5) is 27.4. The number of nitrogens with one attached hydrogen (secondary N) is 2. The fourth-order valence-electron chi connectivity index (χ4n) is 3.08. The molecular weight excluding hydrogens is 350 g/mol. The maximum absolute atomic E-state index is 13.0. The highest BCUT2D eigenvalue weighted by molar-refractivity contribution is 5.97. The van der Waals surface area contributed by atoms with Crippen molar-refractivity contribution < 1.29 is 9.59 Å². The van der Waals surface area contributed by atoms with Crippen molar-refractivity contribution in [3.8, 4) is 0 Å². The summed E-state index contributed by atoms with van der Waals surface area (Å²) in [6, 6.07) is 16.4. The molecule has 0 aliphatic rings. The summed E-state index contributed by atoms with van der Waals surface area (Å²) in [6.45, 7) is 11.5. The van der Waals surface area contributed by atoms with Gasteiger partial charge < -0.3 is 10.6 Å². The standard InChI is InChI=1S/C23H31N3O2/c1-6-26(7-2)20(17-11-9-8-10-12-17)22(28)24-19-15-13-18(14-16-19)21(27)25-23(3,4)5/h8-16,20H,6-7H2,1-5H3,(H,24,28)(H,25,27).